The number of ether oxygens (including phenoxy) is 1. The Balaban J connectivity index is 1.81. The Morgan fingerprint density at radius 3 is 2.03 bits per heavy atom. The number of nitrogens with zero attached hydrogens (tertiary/aromatic N) is 1. The predicted molar refractivity (Wildman–Crippen MR) is 141 cm³/mol. The first-order chi connectivity index (χ1) is 18.0. The number of amides is 2. The number of benzene rings is 3. The van der Waals surface area contributed by atoms with Crippen LogP contribution in [-0.2, 0) is 20.7 Å². The SMILES string of the molecule is CCCC[C@H](NC(=O)[C@H](Cc1ccccc1)N(C(=O)OC)C1c2ccccc2-c2ccccc21)C(=O)O. The average molecular weight is 501 g/mol. The van der Waals surface area contributed by atoms with E-state index in [4.69, 9.17) is 4.74 Å². The van der Waals surface area contributed by atoms with E-state index in [0.29, 0.717) is 12.8 Å². The minimum absolute atomic E-state index is 0.197. The van der Waals surface area contributed by atoms with Gasteiger partial charge in [-0.2, -0.15) is 0 Å². The summed E-state index contributed by atoms with van der Waals surface area (Å²) >= 11 is 0. The van der Waals surface area contributed by atoms with Crippen LogP contribution in [0.3, 0.4) is 0 Å². The molecule has 2 atom stereocenters. The minimum atomic E-state index is -1.10. The lowest BCUT2D eigenvalue weighted by atomic mass is 9.97. The molecule has 4 rings (SSSR count). The largest absolute Gasteiger partial charge is 0.480 e. The third-order valence-electron chi connectivity index (χ3n) is 6.84. The van der Waals surface area contributed by atoms with Gasteiger partial charge in [0.05, 0.1) is 13.2 Å². The molecule has 2 amide bonds. The fourth-order valence-electron chi connectivity index (χ4n) is 5.03. The molecule has 3 aromatic rings. The van der Waals surface area contributed by atoms with Crippen LogP contribution in [0, 0.1) is 0 Å². The maximum absolute atomic E-state index is 13.8. The lowest BCUT2D eigenvalue weighted by Crippen LogP contribution is -2.55. The minimum Gasteiger partial charge on any atom is -0.480 e. The second kappa shape index (κ2) is 11.7. The Kier molecular flexibility index (Phi) is 8.23. The van der Waals surface area contributed by atoms with Gasteiger partial charge in [-0.05, 0) is 34.2 Å². The van der Waals surface area contributed by atoms with E-state index in [2.05, 4.69) is 5.32 Å². The van der Waals surface area contributed by atoms with E-state index in [-0.39, 0.29) is 6.42 Å². The third kappa shape index (κ3) is 5.50. The van der Waals surface area contributed by atoms with Crippen LogP contribution >= 0.6 is 0 Å². The number of methoxy groups -OCH3 is 1. The standard InChI is InChI=1S/C30H32N2O5/c1-3-4-18-25(29(34)35)31-28(33)26(19-20-12-6-5-7-13-20)32(30(36)37-2)27-23-16-10-8-14-21(23)22-15-9-11-17-24(22)27/h5-17,25-27H,3-4,18-19H2,1-2H3,(H,31,33)(H,34,35)/t25-,26-/m0/s1. The lowest BCUT2D eigenvalue weighted by molar-refractivity contribution is -0.143. The molecule has 0 aromatic heterocycles. The van der Waals surface area contributed by atoms with Crippen LogP contribution in [-0.4, -0.2) is 47.2 Å². The highest BCUT2D eigenvalue weighted by molar-refractivity contribution is 5.91. The number of unbranched alkanes of at least 4 members (excludes halogenated alkanes) is 1. The molecule has 37 heavy (non-hydrogen) atoms. The van der Waals surface area contributed by atoms with Gasteiger partial charge < -0.3 is 15.2 Å². The summed E-state index contributed by atoms with van der Waals surface area (Å²) in [5.41, 5.74) is 4.60. The predicted octanol–water partition coefficient (Wildman–Crippen LogP) is 5.20. The summed E-state index contributed by atoms with van der Waals surface area (Å²) in [6.07, 6.45) is 1.31. The molecule has 3 aromatic carbocycles. The molecule has 0 aliphatic heterocycles. The summed E-state index contributed by atoms with van der Waals surface area (Å²) in [6, 6.07) is 22.4. The van der Waals surface area contributed by atoms with E-state index in [0.717, 1.165) is 34.2 Å². The second-order valence-corrected chi connectivity index (χ2v) is 9.20. The molecular formula is C30H32N2O5. The van der Waals surface area contributed by atoms with Crippen LogP contribution in [0.4, 0.5) is 4.79 Å². The number of aliphatic carboxylic acids is 1. The fourth-order valence-corrected chi connectivity index (χ4v) is 5.03. The van der Waals surface area contributed by atoms with E-state index in [1.165, 1.54) is 12.0 Å². The Morgan fingerprint density at radius 1 is 0.919 bits per heavy atom. The molecule has 2 N–H and O–H groups in total. The van der Waals surface area contributed by atoms with E-state index in [1.807, 2.05) is 85.8 Å². The summed E-state index contributed by atoms with van der Waals surface area (Å²) in [6.45, 7) is 1.97. The molecule has 0 heterocycles. The Hall–Kier alpha value is -4.13. The van der Waals surface area contributed by atoms with Gasteiger partial charge in [0.2, 0.25) is 5.91 Å². The number of hydrogen-bond acceptors (Lipinski definition) is 4. The molecule has 0 bridgehead atoms. The Morgan fingerprint density at radius 2 is 1.49 bits per heavy atom. The first kappa shape index (κ1) is 25.9. The van der Waals surface area contributed by atoms with E-state index < -0.39 is 36.1 Å². The Labute approximate surface area is 217 Å². The third-order valence-corrected chi connectivity index (χ3v) is 6.84. The van der Waals surface area contributed by atoms with E-state index >= 15 is 0 Å². The number of carbonyl (C=O) groups is 3. The van der Waals surface area contributed by atoms with Crippen molar-refractivity contribution in [3.05, 3.63) is 95.6 Å². The van der Waals surface area contributed by atoms with Gasteiger partial charge >= 0.3 is 12.1 Å². The Bertz CT molecular complexity index is 1210. The van der Waals surface area contributed by atoms with Crippen molar-refractivity contribution in [2.45, 2.75) is 50.7 Å². The van der Waals surface area contributed by atoms with Crippen molar-refractivity contribution < 1.29 is 24.2 Å². The van der Waals surface area contributed by atoms with Crippen LogP contribution in [0.1, 0.15) is 48.9 Å². The van der Waals surface area contributed by atoms with E-state index in [9.17, 15) is 19.5 Å². The molecule has 0 unspecified atom stereocenters. The fraction of sp³-hybridized carbons (Fsp3) is 0.300. The number of nitrogens with one attached hydrogen (secondary N) is 1. The van der Waals surface area contributed by atoms with Gasteiger partial charge in [0, 0.05) is 6.42 Å². The van der Waals surface area contributed by atoms with Crippen LogP contribution in [0.15, 0.2) is 78.9 Å². The molecule has 192 valence electrons. The molecule has 0 saturated heterocycles. The maximum atomic E-state index is 13.8. The number of carboxylic acids is 1. The molecular weight excluding hydrogens is 468 g/mol. The molecule has 0 saturated carbocycles. The number of carboxylic acid groups (broad SMARTS) is 1. The second-order valence-electron chi connectivity index (χ2n) is 9.20. The topological polar surface area (TPSA) is 95.9 Å². The monoisotopic (exact) mass is 500 g/mol. The summed E-state index contributed by atoms with van der Waals surface area (Å²) in [5.74, 6) is -1.62. The van der Waals surface area contributed by atoms with Gasteiger partial charge in [-0.15, -0.1) is 0 Å². The highest BCUT2D eigenvalue weighted by Gasteiger charge is 2.42. The zero-order chi connectivity index (χ0) is 26.4. The molecule has 7 nitrogen and oxygen atoms in total. The van der Waals surface area contributed by atoms with Gasteiger partial charge in [0.1, 0.15) is 12.1 Å². The highest BCUT2D eigenvalue weighted by Crippen LogP contribution is 2.47. The van der Waals surface area contributed by atoms with Crippen LogP contribution < -0.4 is 5.32 Å². The smallest absolute Gasteiger partial charge is 0.410 e. The molecule has 7 heteroatoms. The summed E-state index contributed by atoms with van der Waals surface area (Å²) in [4.78, 5) is 40.7. The van der Waals surface area contributed by atoms with Crippen molar-refractivity contribution in [3.8, 4) is 11.1 Å². The van der Waals surface area contributed by atoms with Gasteiger partial charge in [0.25, 0.3) is 0 Å². The molecule has 0 spiro atoms. The van der Waals surface area contributed by atoms with Crippen molar-refractivity contribution >= 4 is 18.0 Å². The van der Waals surface area contributed by atoms with Gasteiger partial charge in [0.15, 0.2) is 0 Å². The van der Waals surface area contributed by atoms with Crippen molar-refractivity contribution in [2.24, 2.45) is 0 Å². The van der Waals surface area contributed by atoms with Gasteiger partial charge in [-0.3, -0.25) is 9.69 Å². The number of hydrogen-bond donors (Lipinski definition) is 2. The number of fused-ring (bicyclic) bond motifs is 3. The van der Waals surface area contributed by atoms with Crippen LogP contribution in [0.25, 0.3) is 11.1 Å². The van der Waals surface area contributed by atoms with Gasteiger partial charge in [-0.1, -0.05) is 98.6 Å². The van der Waals surface area contributed by atoms with Gasteiger partial charge in [-0.25, -0.2) is 9.59 Å². The number of carbonyl (C=O) groups excluding carboxylic acids is 2. The van der Waals surface area contributed by atoms with Crippen LogP contribution in [0.5, 0.6) is 0 Å². The van der Waals surface area contributed by atoms with Crippen molar-refractivity contribution in [1.82, 2.24) is 10.2 Å². The van der Waals surface area contributed by atoms with E-state index in [1.54, 1.807) is 0 Å². The first-order valence-corrected chi connectivity index (χ1v) is 12.6. The molecule has 1 aliphatic carbocycles. The first-order valence-electron chi connectivity index (χ1n) is 12.6. The zero-order valence-corrected chi connectivity index (χ0v) is 21.1. The maximum Gasteiger partial charge on any atom is 0.410 e. The quantitative estimate of drug-likeness (QED) is 0.399. The lowest BCUT2D eigenvalue weighted by Gasteiger charge is -2.36. The van der Waals surface area contributed by atoms with Crippen molar-refractivity contribution in [1.29, 1.82) is 0 Å². The molecule has 0 radical (unpaired) electrons. The highest BCUT2D eigenvalue weighted by atomic mass is 16.5. The zero-order valence-electron chi connectivity index (χ0n) is 21.1. The van der Waals surface area contributed by atoms with Crippen LogP contribution in [0.2, 0.25) is 0 Å². The summed E-state index contributed by atoms with van der Waals surface area (Å²) < 4.78 is 5.23. The summed E-state index contributed by atoms with van der Waals surface area (Å²) in [7, 11) is 1.29. The normalized spacial score (nSPS) is 13.7. The summed E-state index contributed by atoms with van der Waals surface area (Å²) in [5, 5.41) is 12.5. The molecule has 0 fully saturated rings. The number of rotatable bonds is 10. The average Bonchev–Trinajstić information content (AvgIpc) is 3.25. The van der Waals surface area contributed by atoms with Crippen molar-refractivity contribution in [3.63, 3.8) is 0 Å². The van der Waals surface area contributed by atoms with Crippen molar-refractivity contribution in [2.75, 3.05) is 7.11 Å². The molecule has 1 aliphatic rings.